The summed E-state index contributed by atoms with van der Waals surface area (Å²) in [5.41, 5.74) is 0. The van der Waals surface area contributed by atoms with Crippen LogP contribution in [0, 0.1) is 0 Å². The molecule has 1 heterocycles. The summed E-state index contributed by atoms with van der Waals surface area (Å²) in [5, 5.41) is 0. The molecule has 0 aromatic rings. The molecule has 0 bridgehead atoms. The van der Waals surface area contributed by atoms with Gasteiger partial charge < -0.3 is 18.9 Å². The quantitative estimate of drug-likeness (QED) is 0.358. The third kappa shape index (κ3) is 20.2. The largest absolute Gasteiger partial charge is 0.508 e. The number of rotatable bonds is 0. The molecule has 0 aromatic heterocycles. The van der Waals surface area contributed by atoms with E-state index in [1.165, 1.54) is 70.6 Å². The molecule has 0 atom stereocenters. The number of hydrogen-bond acceptors (Lipinski definition) is 6. The highest BCUT2D eigenvalue weighted by Crippen LogP contribution is 2.12. The Morgan fingerprint density at radius 1 is 0.290 bits per heavy atom. The van der Waals surface area contributed by atoms with Gasteiger partial charge in [0.25, 0.3) is 0 Å². The zero-order valence-corrected chi connectivity index (χ0v) is 19.7. The monoisotopic (exact) mass is 442 g/mol. The van der Waals surface area contributed by atoms with Gasteiger partial charge >= 0.3 is 12.3 Å². The molecule has 0 amide bonds. The Balaban J connectivity index is 2.13. The van der Waals surface area contributed by atoms with Crippen LogP contribution in [-0.4, -0.2) is 38.7 Å². The van der Waals surface area contributed by atoms with Crippen LogP contribution in [0.15, 0.2) is 0 Å². The molecule has 0 aliphatic carbocycles. The molecule has 1 aliphatic rings. The second kappa shape index (κ2) is 21.8. The third-order valence-electron chi connectivity index (χ3n) is 5.71. The highest BCUT2D eigenvalue weighted by molar-refractivity contribution is 5.60. The molecule has 6 nitrogen and oxygen atoms in total. The van der Waals surface area contributed by atoms with Gasteiger partial charge in [0.15, 0.2) is 0 Å². The molecule has 1 saturated heterocycles. The van der Waals surface area contributed by atoms with E-state index in [-0.39, 0.29) is 0 Å². The molecule has 0 saturated carbocycles. The predicted octanol–water partition coefficient (Wildman–Crippen LogP) is 7.72. The van der Waals surface area contributed by atoms with E-state index in [9.17, 15) is 9.59 Å². The van der Waals surface area contributed by atoms with Gasteiger partial charge in [-0.3, -0.25) is 0 Å². The van der Waals surface area contributed by atoms with E-state index >= 15 is 0 Å². The molecule has 0 spiro atoms. The molecule has 1 fully saturated rings. The lowest BCUT2D eigenvalue weighted by atomic mass is 10.1. The number of carbonyl (C=O) groups is 2. The van der Waals surface area contributed by atoms with Gasteiger partial charge in [-0.15, -0.1) is 0 Å². The molecule has 0 aromatic carbocycles. The van der Waals surface area contributed by atoms with Crippen LogP contribution < -0.4 is 0 Å². The van der Waals surface area contributed by atoms with Crippen molar-refractivity contribution in [1.29, 1.82) is 0 Å². The summed E-state index contributed by atoms with van der Waals surface area (Å²) < 4.78 is 20.5. The molecule has 182 valence electrons. The first kappa shape index (κ1) is 27.6. The van der Waals surface area contributed by atoms with Crippen molar-refractivity contribution >= 4 is 12.3 Å². The maximum absolute atomic E-state index is 11.5. The fourth-order valence-corrected chi connectivity index (χ4v) is 3.77. The molecule has 0 N–H and O–H groups in total. The predicted molar refractivity (Wildman–Crippen MR) is 122 cm³/mol. The number of ether oxygens (including phenoxy) is 4. The molecule has 0 radical (unpaired) electrons. The van der Waals surface area contributed by atoms with Gasteiger partial charge in [0.05, 0.1) is 26.4 Å². The zero-order valence-electron chi connectivity index (χ0n) is 19.7. The van der Waals surface area contributed by atoms with E-state index in [4.69, 9.17) is 18.9 Å². The van der Waals surface area contributed by atoms with Crippen LogP contribution in [0.2, 0.25) is 0 Å². The van der Waals surface area contributed by atoms with Crippen LogP contribution in [0.1, 0.15) is 122 Å². The Morgan fingerprint density at radius 2 is 0.452 bits per heavy atom. The number of cyclic esters (lactones) is 4. The molecule has 6 heteroatoms. The van der Waals surface area contributed by atoms with Gasteiger partial charge in [0.2, 0.25) is 0 Å². The van der Waals surface area contributed by atoms with Gasteiger partial charge in [-0.2, -0.15) is 0 Å². The lowest BCUT2D eigenvalue weighted by Gasteiger charge is -2.07. The van der Waals surface area contributed by atoms with Crippen molar-refractivity contribution in [3.8, 4) is 0 Å². The molecule has 1 aliphatic heterocycles. The van der Waals surface area contributed by atoms with Crippen LogP contribution >= 0.6 is 0 Å². The van der Waals surface area contributed by atoms with E-state index < -0.39 is 12.3 Å². The van der Waals surface area contributed by atoms with Crippen molar-refractivity contribution in [2.45, 2.75) is 122 Å². The zero-order chi connectivity index (χ0) is 22.2. The van der Waals surface area contributed by atoms with Crippen LogP contribution in [-0.2, 0) is 18.9 Å². The summed E-state index contributed by atoms with van der Waals surface area (Å²) in [5.74, 6) is 0. The molecular formula is C25H46O6. The Morgan fingerprint density at radius 3 is 0.645 bits per heavy atom. The van der Waals surface area contributed by atoms with Gasteiger partial charge in [0.1, 0.15) is 0 Å². The highest BCUT2D eigenvalue weighted by Gasteiger charge is 2.04. The highest BCUT2D eigenvalue weighted by atomic mass is 16.7. The van der Waals surface area contributed by atoms with Crippen molar-refractivity contribution in [3.63, 3.8) is 0 Å². The van der Waals surface area contributed by atoms with Gasteiger partial charge in [-0.25, -0.2) is 9.59 Å². The van der Waals surface area contributed by atoms with E-state index in [0.29, 0.717) is 26.4 Å². The minimum Gasteiger partial charge on any atom is -0.434 e. The first-order valence-corrected chi connectivity index (χ1v) is 12.9. The van der Waals surface area contributed by atoms with E-state index in [1.807, 2.05) is 0 Å². The van der Waals surface area contributed by atoms with Crippen molar-refractivity contribution in [1.82, 2.24) is 0 Å². The lowest BCUT2D eigenvalue weighted by Crippen LogP contribution is -2.09. The fraction of sp³-hybridized carbons (Fsp3) is 0.920. The Bertz CT molecular complexity index is 388. The summed E-state index contributed by atoms with van der Waals surface area (Å²) >= 11 is 0. The van der Waals surface area contributed by atoms with Crippen molar-refractivity contribution in [2.75, 3.05) is 26.4 Å². The summed E-state index contributed by atoms with van der Waals surface area (Å²) in [4.78, 5) is 23.1. The second-order valence-electron chi connectivity index (χ2n) is 8.61. The minimum atomic E-state index is -0.514. The van der Waals surface area contributed by atoms with Crippen molar-refractivity contribution < 1.29 is 28.5 Å². The average Bonchev–Trinajstić information content (AvgIpc) is 2.76. The van der Waals surface area contributed by atoms with Crippen molar-refractivity contribution in [3.05, 3.63) is 0 Å². The molecule has 31 heavy (non-hydrogen) atoms. The fourth-order valence-electron chi connectivity index (χ4n) is 3.77. The van der Waals surface area contributed by atoms with Gasteiger partial charge in [-0.1, -0.05) is 96.3 Å². The SMILES string of the molecule is O=C1OCCCCCCCCCCCCOC(=O)OCCCCCCCCCCCO1. The second-order valence-corrected chi connectivity index (χ2v) is 8.61. The minimum absolute atomic E-state index is 0.460. The van der Waals surface area contributed by atoms with Crippen LogP contribution in [0.25, 0.3) is 0 Å². The number of carbonyl (C=O) groups excluding carboxylic acids is 2. The number of hydrogen-bond donors (Lipinski definition) is 0. The maximum Gasteiger partial charge on any atom is 0.508 e. The Labute approximate surface area is 189 Å². The standard InChI is InChI=1S/C25H46O6/c26-24-28-20-16-12-8-4-1-2-5-9-13-17-21-29-25(27)31-23-19-15-11-7-3-6-10-14-18-22-30-24/h1-23H2. The Kier molecular flexibility index (Phi) is 19.4. The third-order valence-corrected chi connectivity index (χ3v) is 5.71. The maximum atomic E-state index is 11.5. The lowest BCUT2D eigenvalue weighted by molar-refractivity contribution is 0.0520. The smallest absolute Gasteiger partial charge is 0.434 e. The summed E-state index contributed by atoms with van der Waals surface area (Å²) in [6, 6.07) is 0. The first-order chi connectivity index (χ1) is 15.3. The van der Waals surface area contributed by atoms with E-state index in [1.54, 1.807) is 0 Å². The van der Waals surface area contributed by atoms with Gasteiger partial charge in [0, 0.05) is 0 Å². The average molecular weight is 443 g/mol. The van der Waals surface area contributed by atoms with E-state index in [2.05, 4.69) is 0 Å². The van der Waals surface area contributed by atoms with Crippen molar-refractivity contribution in [2.24, 2.45) is 0 Å². The van der Waals surface area contributed by atoms with Gasteiger partial charge in [-0.05, 0) is 25.7 Å². The van der Waals surface area contributed by atoms with Crippen LogP contribution in [0.3, 0.4) is 0 Å². The molecule has 1 rings (SSSR count). The Hall–Kier alpha value is -1.46. The normalized spacial score (nSPS) is 22.3. The van der Waals surface area contributed by atoms with E-state index in [0.717, 1.165) is 51.4 Å². The van der Waals surface area contributed by atoms with Crippen LogP contribution in [0.5, 0.6) is 0 Å². The first-order valence-electron chi connectivity index (χ1n) is 12.9. The molecule has 0 unspecified atom stereocenters. The summed E-state index contributed by atoms with van der Waals surface area (Å²) in [6.45, 7) is 1.85. The molecular weight excluding hydrogens is 396 g/mol. The summed E-state index contributed by atoms with van der Waals surface area (Å²) in [6.07, 6.45) is 20.3. The van der Waals surface area contributed by atoms with Crippen LogP contribution in [0.4, 0.5) is 9.59 Å². The topological polar surface area (TPSA) is 71.1 Å². The summed E-state index contributed by atoms with van der Waals surface area (Å²) in [7, 11) is 0.